The number of alkyl halides is 15. The summed E-state index contributed by atoms with van der Waals surface area (Å²) < 4.78 is 215. The summed E-state index contributed by atoms with van der Waals surface area (Å²) in [5.41, 5.74) is -8.47. The van der Waals surface area contributed by atoms with Crippen LogP contribution in [0.5, 0.6) is 0 Å². The third-order valence-electron chi connectivity index (χ3n) is 6.08. The van der Waals surface area contributed by atoms with Crippen molar-refractivity contribution in [2.75, 3.05) is 6.61 Å². The Morgan fingerprint density at radius 3 is 1.70 bits per heavy atom. The van der Waals surface area contributed by atoms with Gasteiger partial charge in [-0.3, -0.25) is 4.79 Å². The first-order valence-corrected chi connectivity index (χ1v) is 11.5. The summed E-state index contributed by atoms with van der Waals surface area (Å²) in [6.45, 7) is 0.251. The highest BCUT2D eigenvalue weighted by atomic mass is 19.4. The van der Waals surface area contributed by atoms with E-state index in [2.05, 4.69) is 9.84 Å². The molecule has 44 heavy (non-hydrogen) atoms. The van der Waals surface area contributed by atoms with Crippen LogP contribution in [0.3, 0.4) is 0 Å². The molecule has 0 bridgehead atoms. The van der Waals surface area contributed by atoms with Crippen molar-refractivity contribution in [1.82, 2.24) is 9.61 Å². The number of nitrogens with zero attached hydrogens (tertiary/aromatic N) is 2. The lowest BCUT2D eigenvalue weighted by atomic mass is 9.86. The van der Waals surface area contributed by atoms with Crippen LogP contribution in [0.1, 0.15) is 38.9 Å². The minimum absolute atomic E-state index is 0.0103. The fraction of sp³-hybridized carbons (Fsp3) is 0.375. The van der Waals surface area contributed by atoms with E-state index in [4.69, 9.17) is 0 Å². The normalized spacial score (nSPS) is 14.2. The quantitative estimate of drug-likeness (QED) is 0.128. The Labute approximate surface area is 234 Å². The molecule has 2 aromatic heterocycles. The van der Waals surface area contributed by atoms with Crippen molar-refractivity contribution in [3.63, 3.8) is 0 Å². The molecule has 3 rings (SSSR count). The summed E-state index contributed by atoms with van der Waals surface area (Å²) in [5.74, 6) is -52.8. The molecule has 0 spiro atoms. The van der Waals surface area contributed by atoms with Crippen LogP contribution in [0.25, 0.3) is 5.52 Å². The molecule has 2 heterocycles. The molecule has 0 aliphatic rings. The van der Waals surface area contributed by atoms with Crippen molar-refractivity contribution in [2.45, 2.75) is 48.6 Å². The van der Waals surface area contributed by atoms with Crippen molar-refractivity contribution in [3.05, 3.63) is 71.0 Å². The van der Waals surface area contributed by atoms with Gasteiger partial charge in [-0.05, 0) is 19.1 Å². The molecule has 1 aromatic carbocycles. The number of hydrogen-bond acceptors (Lipinski definition) is 4. The molecule has 0 saturated heterocycles. The first kappa shape index (κ1) is 34.5. The van der Waals surface area contributed by atoms with Gasteiger partial charge in [0.05, 0.1) is 23.3 Å². The summed E-state index contributed by atoms with van der Waals surface area (Å²) in [6, 6.07) is 6.44. The Kier molecular flexibility index (Phi) is 8.28. The van der Waals surface area contributed by atoms with E-state index in [0.29, 0.717) is 12.3 Å². The highest BCUT2D eigenvalue weighted by molar-refractivity contribution is 6.13. The van der Waals surface area contributed by atoms with E-state index in [1.165, 1.54) is 6.07 Å². The lowest BCUT2D eigenvalue weighted by molar-refractivity contribution is -0.453. The minimum Gasteiger partial charge on any atom is -0.462 e. The van der Waals surface area contributed by atoms with Crippen molar-refractivity contribution < 1.29 is 80.2 Å². The number of fused-ring (bicyclic) bond motifs is 1. The van der Waals surface area contributed by atoms with Crippen LogP contribution in [0, 0.1) is 0 Å². The number of benzene rings is 1. The van der Waals surface area contributed by atoms with Gasteiger partial charge < -0.3 is 4.74 Å². The third-order valence-corrected chi connectivity index (χ3v) is 6.08. The molecule has 0 fully saturated rings. The van der Waals surface area contributed by atoms with E-state index in [-0.39, 0.29) is 4.52 Å². The Balaban J connectivity index is 2.45. The van der Waals surface area contributed by atoms with Gasteiger partial charge in [-0.15, -0.1) is 0 Å². The van der Waals surface area contributed by atoms with Gasteiger partial charge in [0.15, 0.2) is 0 Å². The topological polar surface area (TPSA) is 60.7 Å². The predicted octanol–water partition coefficient (Wildman–Crippen LogP) is 7.57. The lowest BCUT2D eigenvalue weighted by Gasteiger charge is -2.41. The molecule has 0 atom stereocenters. The van der Waals surface area contributed by atoms with Crippen LogP contribution in [-0.4, -0.2) is 63.8 Å². The molecule has 242 valence electrons. The van der Waals surface area contributed by atoms with E-state index in [1.54, 1.807) is 0 Å². The summed E-state index contributed by atoms with van der Waals surface area (Å²) in [6.07, 6.45) is -7.10. The number of ether oxygens (including phenoxy) is 1. The molecule has 3 aromatic rings. The summed E-state index contributed by atoms with van der Waals surface area (Å²) >= 11 is 0. The van der Waals surface area contributed by atoms with Crippen LogP contribution in [0.4, 0.5) is 65.9 Å². The Morgan fingerprint density at radius 1 is 0.705 bits per heavy atom. The SMILES string of the molecule is CCOC(=O)c1c(C(F)(F)C(F)(F)C(F)(F)C(F)(F)C(F)(F)C(F)(F)C(F)(F)F)c(C(=O)c2ccccc2)n2ncccc12. The molecule has 0 aliphatic heterocycles. The number of carbonyl (C=O) groups is 2. The van der Waals surface area contributed by atoms with Crippen LogP contribution in [0.15, 0.2) is 48.7 Å². The summed E-state index contributed by atoms with van der Waals surface area (Å²) in [5, 5.41) is 3.39. The first-order chi connectivity index (χ1) is 19.9. The lowest BCUT2D eigenvalue weighted by Crippen LogP contribution is -2.72. The standard InChI is InChI=1S/C24H13F15N2O3/c1-2-44-17(43)13-12-9-6-10-40-41(12)15(16(42)11-7-4-3-5-8-11)14(13)18(25,26)19(27,28)20(29,30)21(31,32)22(33,34)23(35,36)24(37,38)39/h3-10H,2H2,1H3. The van der Waals surface area contributed by atoms with Crippen LogP contribution >= 0.6 is 0 Å². The molecule has 5 nitrogen and oxygen atoms in total. The second kappa shape index (κ2) is 10.6. The zero-order valence-corrected chi connectivity index (χ0v) is 21.1. The van der Waals surface area contributed by atoms with Gasteiger partial charge in [-0.25, -0.2) is 9.31 Å². The van der Waals surface area contributed by atoms with Gasteiger partial charge in [0.1, 0.15) is 5.69 Å². The largest absolute Gasteiger partial charge is 0.462 e. The van der Waals surface area contributed by atoms with Crippen LogP contribution in [-0.2, 0) is 10.7 Å². The predicted molar refractivity (Wildman–Crippen MR) is 116 cm³/mol. The van der Waals surface area contributed by atoms with Gasteiger partial charge in [0.25, 0.3) is 0 Å². The Bertz CT molecular complexity index is 1560. The van der Waals surface area contributed by atoms with Gasteiger partial charge in [0, 0.05) is 11.8 Å². The molecule has 0 radical (unpaired) electrons. The van der Waals surface area contributed by atoms with Gasteiger partial charge in [-0.2, -0.15) is 71.0 Å². The van der Waals surface area contributed by atoms with Crippen LogP contribution < -0.4 is 0 Å². The number of halogens is 15. The van der Waals surface area contributed by atoms with Crippen molar-refractivity contribution in [1.29, 1.82) is 0 Å². The molecule has 20 heteroatoms. The average Bonchev–Trinajstić information content (AvgIpc) is 3.28. The monoisotopic (exact) mass is 662 g/mol. The first-order valence-electron chi connectivity index (χ1n) is 11.5. The number of rotatable bonds is 10. The third kappa shape index (κ3) is 4.63. The zero-order chi connectivity index (χ0) is 33.9. The molecular formula is C24H13F15N2O3. The second-order valence-corrected chi connectivity index (χ2v) is 8.78. The average molecular weight is 662 g/mol. The van der Waals surface area contributed by atoms with Gasteiger partial charge in [0.2, 0.25) is 5.78 Å². The van der Waals surface area contributed by atoms with E-state index in [1.807, 2.05) is 0 Å². The van der Waals surface area contributed by atoms with E-state index >= 15 is 17.6 Å². The maximum absolute atomic E-state index is 15.7. The highest BCUT2D eigenvalue weighted by Gasteiger charge is 2.93. The van der Waals surface area contributed by atoms with E-state index < -0.39 is 88.0 Å². The van der Waals surface area contributed by atoms with Crippen LogP contribution in [0.2, 0.25) is 0 Å². The number of esters is 1. The van der Waals surface area contributed by atoms with Gasteiger partial charge in [-0.1, -0.05) is 30.3 Å². The second-order valence-electron chi connectivity index (χ2n) is 8.78. The fourth-order valence-electron chi connectivity index (χ4n) is 3.87. The smallest absolute Gasteiger partial charge is 0.460 e. The van der Waals surface area contributed by atoms with E-state index in [0.717, 1.165) is 37.3 Å². The number of carbonyl (C=O) groups excluding carboxylic acids is 2. The number of ketones is 1. The van der Waals surface area contributed by atoms with Gasteiger partial charge >= 0.3 is 47.7 Å². The zero-order valence-electron chi connectivity index (χ0n) is 21.1. The molecule has 0 saturated carbocycles. The molecule has 0 aliphatic carbocycles. The minimum atomic E-state index is -8.57. The molecule has 0 N–H and O–H groups in total. The maximum Gasteiger partial charge on any atom is 0.460 e. The molecule has 0 amide bonds. The number of hydrogen-bond donors (Lipinski definition) is 0. The maximum atomic E-state index is 15.7. The molecular weight excluding hydrogens is 649 g/mol. The summed E-state index contributed by atoms with van der Waals surface area (Å²) in [4.78, 5) is 25.9. The van der Waals surface area contributed by atoms with E-state index in [9.17, 15) is 57.9 Å². The van der Waals surface area contributed by atoms with Crippen molar-refractivity contribution >= 4 is 17.3 Å². The van der Waals surface area contributed by atoms with Crippen molar-refractivity contribution in [2.24, 2.45) is 0 Å². The number of aromatic nitrogens is 2. The summed E-state index contributed by atoms with van der Waals surface area (Å²) in [7, 11) is 0. The van der Waals surface area contributed by atoms with Crippen molar-refractivity contribution in [3.8, 4) is 0 Å². The Morgan fingerprint density at radius 2 is 1.20 bits per heavy atom. The fourth-order valence-corrected chi connectivity index (χ4v) is 3.87. The highest BCUT2D eigenvalue weighted by Crippen LogP contribution is 2.64. The Hall–Kier alpha value is -4.00. The molecule has 0 unspecified atom stereocenters.